The van der Waals surface area contributed by atoms with Gasteiger partial charge in [0.2, 0.25) is 0 Å². The number of anilines is 2. The van der Waals surface area contributed by atoms with E-state index in [4.69, 9.17) is 13.6 Å². The van der Waals surface area contributed by atoms with Gasteiger partial charge in [-0.1, -0.05) is 18.2 Å². The summed E-state index contributed by atoms with van der Waals surface area (Å²) in [6.07, 6.45) is 0. The first-order valence-corrected chi connectivity index (χ1v) is 12.0. The number of benzene rings is 3. The number of para-hydroxylation sites is 1. The lowest BCUT2D eigenvalue weighted by molar-refractivity contribution is 0.230. The molecule has 0 saturated heterocycles. The van der Waals surface area contributed by atoms with Crippen molar-refractivity contribution in [3.63, 3.8) is 0 Å². The fourth-order valence-electron chi connectivity index (χ4n) is 2.59. The summed E-state index contributed by atoms with van der Waals surface area (Å²) in [5, 5.41) is 5.41. The van der Waals surface area contributed by atoms with Crippen molar-refractivity contribution in [3.05, 3.63) is 78.9 Å². The van der Waals surface area contributed by atoms with Gasteiger partial charge in [0.1, 0.15) is 17.2 Å². The zero-order valence-corrected chi connectivity index (χ0v) is 20.7. The van der Waals surface area contributed by atoms with E-state index in [-0.39, 0.29) is 23.6 Å². The van der Waals surface area contributed by atoms with Crippen molar-refractivity contribution in [2.75, 3.05) is 38.8 Å². The quantitative estimate of drug-likeness (QED) is 0.396. The molecular weight excluding hydrogens is 471 g/mol. The van der Waals surface area contributed by atoms with Gasteiger partial charge in [-0.3, -0.25) is 0 Å². The fourth-order valence-corrected chi connectivity index (χ4v) is 3.84. The Hall–Kier alpha value is -4.17. The predicted molar refractivity (Wildman–Crippen MR) is 134 cm³/mol. The molecule has 0 aliphatic carbocycles. The maximum atomic E-state index is 13.6. The van der Waals surface area contributed by atoms with Gasteiger partial charge in [0.15, 0.2) is 0 Å². The Morgan fingerprint density at radius 1 is 0.600 bits per heavy atom. The van der Waals surface area contributed by atoms with Gasteiger partial charge in [0.25, 0.3) is 0 Å². The number of phosphoric acid groups is 1. The van der Waals surface area contributed by atoms with Crippen molar-refractivity contribution in [2.45, 2.75) is 0 Å². The molecule has 0 bridgehead atoms. The van der Waals surface area contributed by atoms with Crippen LogP contribution in [0.5, 0.6) is 17.2 Å². The summed E-state index contributed by atoms with van der Waals surface area (Å²) < 4.78 is 30.5. The minimum atomic E-state index is -4.19. The fraction of sp³-hybridized carbons (Fsp3) is 0.167. The average molecular weight is 498 g/mol. The zero-order valence-electron chi connectivity index (χ0n) is 19.8. The average Bonchev–Trinajstić information content (AvgIpc) is 2.82. The number of urea groups is 2. The number of hydrogen-bond acceptors (Lipinski definition) is 6. The molecular formula is C24H27N4O6P. The van der Waals surface area contributed by atoms with Gasteiger partial charge in [-0.25, -0.2) is 9.59 Å². The topological polar surface area (TPSA) is 109 Å². The second-order valence-corrected chi connectivity index (χ2v) is 9.17. The monoisotopic (exact) mass is 498 g/mol. The largest absolute Gasteiger partial charge is 0.647 e. The number of nitrogens with one attached hydrogen (secondary N) is 2. The second-order valence-electron chi connectivity index (χ2n) is 7.73. The minimum absolute atomic E-state index is 0.210. The van der Waals surface area contributed by atoms with Crippen LogP contribution in [0.3, 0.4) is 0 Å². The van der Waals surface area contributed by atoms with Crippen LogP contribution in [0.25, 0.3) is 0 Å². The van der Waals surface area contributed by atoms with Crippen LogP contribution in [-0.2, 0) is 4.57 Å². The summed E-state index contributed by atoms with van der Waals surface area (Å²) >= 11 is 0. The Labute approximate surface area is 204 Å². The van der Waals surface area contributed by atoms with Crippen LogP contribution in [-0.4, -0.2) is 50.1 Å². The molecule has 4 amide bonds. The number of amides is 4. The van der Waals surface area contributed by atoms with Crippen molar-refractivity contribution in [1.29, 1.82) is 0 Å². The summed E-state index contributed by atoms with van der Waals surface area (Å²) in [5.74, 6) is 0.713. The summed E-state index contributed by atoms with van der Waals surface area (Å²) in [6.45, 7) is 0. The molecule has 0 atom stereocenters. The Bertz CT molecular complexity index is 1110. The van der Waals surface area contributed by atoms with Crippen LogP contribution in [0.15, 0.2) is 78.9 Å². The molecule has 0 aromatic heterocycles. The van der Waals surface area contributed by atoms with E-state index in [1.807, 2.05) is 0 Å². The number of carbonyl (C=O) groups excluding carboxylic acids is 2. The number of hydrogen-bond donors (Lipinski definition) is 2. The molecule has 0 heterocycles. The molecule has 3 aromatic rings. The van der Waals surface area contributed by atoms with Gasteiger partial charge < -0.3 is 34.0 Å². The van der Waals surface area contributed by atoms with Gasteiger partial charge in [0.05, 0.1) is 0 Å². The molecule has 3 rings (SSSR count). The molecule has 0 aliphatic heterocycles. The van der Waals surface area contributed by atoms with Crippen molar-refractivity contribution in [2.24, 2.45) is 0 Å². The van der Waals surface area contributed by atoms with Crippen molar-refractivity contribution in [3.8, 4) is 17.2 Å². The van der Waals surface area contributed by atoms with Crippen LogP contribution < -0.4 is 24.2 Å². The number of nitrogens with zero attached hydrogens (tertiary/aromatic N) is 2. The van der Waals surface area contributed by atoms with Crippen molar-refractivity contribution < 1.29 is 27.7 Å². The van der Waals surface area contributed by atoms with Crippen LogP contribution in [0.2, 0.25) is 0 Å². The lowest BCUT2D eigenvalue weighted by Crippen LogP contribution is -2.27. The Morgan fingerprint density at radius 2 is 0.943 bits per heavy atom. The van der Waals surface area contributed by atoms with E-state index in [1.165, 1.54) is 34.1 Å². The Morgan fingerprint density at radius 3 is 1.29 bits per heavy atom. The number of rotatable bonds is 8. The van der Waals surface area contributed by atoms with Crippen molar-refractivity contribution in [1.82, 2.24) is 9.80 Å². The highest BCUT2D eigenvalue weighted by Gasteiger charge is 2.33. The highest BCUT2D eigenvalue weighted by molar-refractivity contribution is 7.49. The summed E-state index contributed by atoms with van der Waals surface area (Å²) in [6, 6.07) is 20.5. The van der Waals surface area contributed by atoms with E-state index >= 15 is 0 Å². The zero-order chi connectivity index (χ0) is 25.4. The van der Waals surface area contributed by atoms with Crippen LogP contribution in [0.4, 0.5) is 21.0 Å². The van der Waals surface area contributed by atoms with Gasteiger partial charge >= 0.3 is 19.9 Å². The molecule has 0 fully saturated rings. The standard InChI is InChI=1S/C24H27N4O6P/c1-27(2)23(29)25-18-10-14-21(15-11-18)33-35(31,32-20-8-6-5-7-9-20)34-22-16-12-19(13-17-22)26-24(30)28(3)4/h5-17H,1-4H3,(H,25,29)(H,26,30). The molecule has 3 aromatic carbocycles. The first kappa shape index (κ1) is 25.5. The van der Waals surface area contributed by atoms with Gasteiger partial charge in [-0.05, 0) is 60.7 Å². The van der Waals surface area contributed by atoms with E-state index in [1.54, 1.807) is 82.8 Å². The van der Waals surface area contributed by atoms with E-state index in [0.29, 0.717) is 17.1 Å². The van der Waals surface area contributed by atoms with Gasteiger partial charge in [0, 0.05) is 39.6 Å². The lowest BCUT2D eigenvalue weighted by atomic mass is 10.3. The lowest BCUT2D eigenvalue weighted by Gasteiger charge is -2.20. The van der Waals surface area contributed by atoms with E-state index in [2.05, 4.69) is 10.6 Å². The van der Waals surface area contributed by atoms with Gasteiger partial charge in [-0.2, -0.15) is 4.57 Å². The normalized spacial score (nSPS) is 10.6. The Balaban J connectivity index is 1.78. The van der Waals surface area contributed by atoms with Crippen LogP contribution in [0, 0.1) is 0 Å². The molecule has 0 saturated carbocycles. The third kappa shape index (κ3) is 7.68. The summed E-state index contributed by atoms with van der Waals surface area (Å²) in [4.78, 5) is 26.4. The Kier molecular flexibility index (Phi) is 8.22. The molecule has 0 spiro atoms. The maximum Gasteiger partial charge on any atom is 0.647 e. The number of phosphoric ester groups is 1. The SMILES string of the molecule is CN(C)C(=O)Nc1ccc(OP(=O)(Oc2ccccc2)Oc2ccc(NC(=O)N(C)C)cc2)cc1. The molecule has 11 heteroatoms. The molecule has 2 N–H and O–H groups in total. The van der Waals surface area contributed by atoms with Gasteiger partial charge in [-0.15, -0.1) is 0 Å². The smallest absolute Gasteiger partial charge is 0.386 e. The van der Waals surface area contributed by atoms with E-state index in [9.17, 15) is 14.2 Å². The molecule has 0 radical (unpaired) electrons. The summed E-state index contributed by atoms with van der Waals surface area (Å²) in [7, 11) is 2.32. The van der Waals surface area contributed by atoms with E-state index < -0.39 is 7.82 Å². The maximum absolute atomic E-state index is 13.6. The first-order valence-electron chi connectivity index (χ1n) is 10.5. The molecule has 35 heavy (non-hydrogen) atoms. The predicted octanol–water partition coefficient (Wildman–Crippen LogP) is 5.52. The second kappa shape index (κ2) is 11.3. The molecule has 10 nitrogen and oxygen atoms in total. The first-order chi connectivity index (χ1) is 16.6. The highest BCUT2D eigenvalue weighted by Crippen LogP contribution is 2.49. The van der Waals surface area contributed by atoms with Crippen molar-refractivity contribution >= 4 is 31.3 Å². The third-order valence-corrected chi connectivity index (χ3v) is 5.72. The summed E-state index contributed by atoms with van der Waals surface area (Å²) in [5.41, 5.74) is 1.07. The minimum Gasteiger partial charge on any atom is -0.386 e. The van der Waals surface area contributed by atoms with Crippen LogP contribution in [0.1, 0.15) is 0 Å². The highest BCUT2D eigenvalue weighted by atomic mass is 31.2. The molecule has 0 unspecified atom stereocenters. The molecule has 184 valence electrons. The van der Waals surface area contributed by atoms with Crippen LogP contribution >= 0.6 is 7.82 Å². The van der Waals surface area contributed by atoms with E-state index in [0.717, 1.165) is 0 Å². The molecule has 0 aliphatic rings. The number of carbonyl (C=O) groups is 2. The third-order valence-electron chi connectivity index (χ3n) is 4.42.